The number of halogens is 2. The number of carbonyl (C=O) groups is 1. The lowest BCUT2D eigenvalue weighted by atomic mass is 10.3. The second kappa shape index (κ2) is 7.45. The van der Waals surface area contributed by atoms with E-state index in [0.29, 0.717) is 34.6 Å². The van der Waals surface area contributed by atoms with Crippen molar-refractivity contribution in [3.8, 4) is 5.75 Å². The van der Waals surface area contributed by atoms with E-state index in [0.717, 1.165) is 0 Å². The number of hydrogen-bond donors (Lipinski definition) is 0. The fourth-order valence-electron chi connectivity index (χ4n) is 1.76. The van der Waals surface area contributed by atoms with Crippen LogP contribution in [0.5, 0.6) is 5.75 Å². The standard InChI is InChI=1S/C14H14Cl2N2O3/c1-20-6-5-18-14(12(16)8-17-18)13(19)9-21-11-4-2-3-10(15)7-11/h2-4,7-8H,5-6,9H2,1H3. The van der Waals surface area contributed by atoms with Crippen molar-refractivity contribution >= 4 is 29.0 Å². The number of rotatable bonds is 7. The van der Waals surface area contributed by atoms with Crippen molar-refractivity contribution in [2.24, 2.45) is 0 Å². The van der Waals surface area contributed by atoms with E-state index in [4.69, 9.17) is 32.7 Å². The summed E-state index contributed by atoms with van der Waals surface area (Å²) >= 11 is 11.9. The Morgan fingerprint density at radius 2 is 2.19 bits per heavy atom. The molecular weight excluding hydrogens is 315 g/mol. The van der Waals surface area contributed by atoms with E-state index in [1.165, 1.54) is 10.9 Å². The molecule has 0 saturated carbocycles. The lowest BCUT2D eigenvalue weighted by Gasteiger charge is -2.08. The maximum atomic E-state index is 12.2. The van der Waals surface area contributed by atoms with Crippen LogP contribution < -0.4 is 4.74 Å². The summed E-state index contributed by atoms with van der Waals surface area (Å²) in [6, 6.07) is 6.84. The Morgan fingerprint density at radius 3 is 2.90 bits per heavy atom. The van der Waals surface area contributed by atoms with Crippen LogP contribution >= 0.6 is 23.2 Å². The van der Waals surface area contributed by atoms with Crippen LogP contribution in [0.3, 0.4) is 0 Å². The highest BCUT2D eigenvalue weighted by molar-refractivity contribution is 6.33. The smallest absolute Gasteiger partial charge is 0.219 e. The molecule has 0 amide bonds. The van der Waals surface area contributed by atoms with Crippen LogP contribution in [0.15, 0.2) is 30.5 Å². The number of ketones is 1. The third kappa shape index (κ3) is 4.20. The van der Waals surface area contributed by atoms with E-state index in [2.05, 4.69) is 5.10 Å². The van der Waals surface area contributed by atoms with Gasteiger partial charge in [-0.05, 0) is 18.2 Å². The molecule has 0 aliphatic carbocycles. The van der Waals surface area contributed by atoms with Crippen LogP contribution in [-0.4, -0.2) is 35.9 Å². The highest BCUT2D eigenvalue weighted by Gasteiger charge is 2.18. The van der Waals surface area contributed by atoms with Crippen molar-refractivity contribution in [1.82, 2.24) is 9.78 Å². The van der Waals surface area contributed by atoms with Crippen molar-refractivity contribution in [2.75, 3.05) is 20.3 Å². The van der Waals surface area contributed by atoms with Gasteiger partial charge in [0.1, 0.15) is 11.4 Å². The van der Waals surface area contributed by atoms with Crippen molar-refractivity contribution in [2.45, 2.75) is 6.54 Å². The van der Waals surface area contributed by atoms with Crippen LogP contribution in [0.2, 0.25) is 10.0 Å². The average molecular weight is 329 g/mol. The monoisotopic (exact) mass is 328 g/mol. The third-order valence-corrected chi connectivity index (χ3v) is 3.24. The molecule has 1 heterocycles. The first kappa shape index (κ1) is 15.8. The highest BCUT2D eigenvalue weighted by atomic mass is 35.5. The van der Waals surface area contributed by atoms with Crippen molar-refractivity contribution in [3.63, 3.8) is 0 Å². The van der Waals surface area contributed by atoms with E-state index in [1.807, 2.05) is 0 Å². The zero-order valence-corrected chi connectivity index (χ0v) is 12.9. The van der Waals surface area contributed by atoms with Crippen molar-refractivity contribution < 1.29 is 14.3 Å². The number of ether oxygens (including phenoxy) is 2. The summed E-state index contributed by atoms with van der Waals surface area (Å²) in [4.78, 5) is 12.2. The van der Waals surface area contributed by atoms with E-state index in [9.17, 15) is 4.79 Å². The Kier molecular flexibility index (Phi) is 5.61. The van der Waals surface area contributed by atoms with E-state index in [-0.39, 0.29) is 12.4 Å². The molecule has 7 heteroatoms. The highest BCUT2D eigenvalue weighted by Crippen LogP contribution is 2.19. The second-order valence-corrected chi connectivity index (χ2v) is 5.07. The molecular formula is C14H14Cl2N2O3. The fourth-order valence-corrected chi connectivity index (χ4v) is 2.19. The van der Waals surface area contributed by atoms with Gasteiger partial charge in [-0.25, -0.2) is 0 Å². The average Bonchev–Trinajstić information content (AvgIpc) is 2.83. The Morgan fingerprint density at radius 1 is 1.38 bits per heavy atom. The molecule has 0 unspecified atom stereocenters. The minimum absolute atomic E-state index is 0.140. The van der Waals surface area contributed by atoms with Gasteiger partial charge in [-0.3, -0.25) is 9.48 Å². The normalized spacial score (nSPS) is 10.6. The number of aromatic nitrogens is 2. The van der Waals surface area contributed by atoms with Gasteiger partial charge in [-0.15, -0.1) is 0 Å². The topological polar surface area (TPSA) is 53.4 Å². The summed E-state index contributed by atoms with van der Waals surface area (Å²) in [6.45, 7) is 0.744. The largest absolute Gasteiger partial charge is 0.485 e. The number of benzene rings is 1. The van der Waals surface area contributed by atoms with Crippen LogP contribution in [0, 0.1) is 0 Å². The number of carbonyl (C=O) groups excluding carboxylic acids is 1. The first-order valence-electron chi connectivity index (χ1n) is 6.23. The maximum absolute atomic E-state index is 12.2. The molecule has 0 bridgehead atoms. The van der Waals surface area contributed by atoms with Gasteiger partial charge in [0.05, 0.1) is 24.4 Å². The molecule has 0 saturated heterocycles. The Bertz CT molecular complexity index is 628. The number of nitrogens with zero attached hydrogens (tertiary/aromatic N) is 2. The summed E-state index contributed by atoms with van der Waals surface area (Å²) in [5.41, 5.74) is 0.316. The molecule has 0 atom stereocenters. The molecule has 2 aromatic rings. The fraction of sp³-hybridized carbons (Fsp3) is 0.286. The molecule has 0 aliphatic heterocycles. The van der Waals surface area contributed by atoms with Crippen molar-refractivity contribution in [1.29, 1.82) is 0 Å². The summed E-state index contributed by atoms with van der Waals surface area (Å²) < 4.78 is 11.9. The molecule has 0 spiro atoms. The number of Topliss-reactive ketones (excluding diaryl/α,β-unsaturated/α-hetero) is 1. The first-order chi connectivity index (χ1) is 10.1. The molecule has 0 N–H and O–H groups in total. The zero-order chi connectivity index (χ0) is 15.2. The van der Waals surface area contributed by atoms with Crippen molar-refractivity contribution in [3.05, 3.63) is 46.2 Å². The van der Waals surface area contributed by atoms with E-state index >= 15 is 0 Å². The van der Waals surface area contributed by atoms with Crippen LogP contribution in [0.25, 0.3) is 0 Å². The van der Waals surface area contributed by atoms with Gasteiger partial charge in [0, 0.05) is 12.1 Å². The molecule has 112 valence electrons. The molecule has 0 fully saturated rings. The number of hydrogen-bond acceptors (Lipinski definition) is 4. The Balaban J connectivity index is 2.04. The minimum Gasteiger partial charge on any atom is -0.485 e. The minimum atomic E-state index is -0.256. The van der Waals surface area contributed by atoms with Gasteiger partial charge in [0.2, 0.25) is 5.78 Å². The Labute approximate surface area is 132 Å². The molecule has 2 rings (SSSR count). The molecule has 0 radical (unpaired) electrons. The molecule has 5 nitrogen and oxygen atoms in total. The van der Waals surface area contributed by atoms with Gasteiger partial charge in [0.15, 0.2) is 6.61 Å². The third-order valence-electron chi connectivity index (χ3n) is 2.73. The van der Waals surface area contributed by atoms with Crippen LogP contribution in [-0.2, 0) is 11.3 Å². The SMILES string of the molecule is COCCn1ncc(Cl)c1C(=O)COc1cccc(Cl)c1. The van der Waals surface area contributed by atoms with Crippen LogP contribution in [0.1, 0.15) is 10.5 Å². The molecule has 1 aromatic carbocycles. The molecule has 21 heavy (non-hydrogen) atoms. The zero-order valence-electron chi connectivity index (χ0n) is 11.4. The molecule has 1 aromatic heterocycles. The summed E-state index contributed by atoms with van der Waals surface area (Å²) in [5, 5.41) is 4.89. The summed E-state index contributed by atoms with van der Waals surface area (Å²) in [5.74, 6) is 0.267. The van der Waals surface area contributed by atoms with Gasteiger partial charge in [-0.1, -0.05) is 29.3 Å². The quantitative estimate of drug-likeness (QED) is 0.733. The van der Waals surface area contributed by atoms with Gasteiger partial charge in [-0.2, -0.15) is 5.10 Å². The number of methoxy groups -OCH3 is 1. The lowest BCUT2D eigenvalue weighted by Crippen LogP contribution is -2.19. The lowest BCUT2D eigenvalue weighted by molar-refractivity contribution is 0.0907. The summed E-state index contributed by atoms with van der Waals surface area (Å²) in [6.07, 6.45) is 1.43. The van der Waals surface area contributed by atoms with Crippen LogP contribution in [0.4, 0.5) is 0 Å². The molecule has 0 aliphatic rings. The first-order valence-corrected chi connectivity index (χ1v) is 6.99. The van der Waals surface area contributed by atoms with Gasteiger partial charge in [0.25, 0.3) is 0 Å². The van der Waals surface area contributed by atoms with E-state index in [1.54, 1.807) is 31.4 Å². The Hall–Kier alpha value is -1.56. The van der Waals surface area contributed by atoms with Gasteiger partial charge >= 0.3 is 0 Å². The second-order valence-electron chi connectivity index (χ2n) is 4.23. The maximum Gasteiger partial charge on any atom is 0.219 e. The van der Waals surface area contributed by atoms with Gasteiger partial charge < -0.3 is 9.47 Å². The predicted octanol–water partition coefficient (Wildman–Crippen LogP) is 3.10. The predicted molar refractivity (Wildman–Crippen MR) is 80.4 cm³/mol. The van der Waals surface area contributed by atoms with E-state index < -0.39 is 0 Å². The summed E-state index contributed by atoms with van der Waals surface area (Å²) in [7, 11) is 1.58.